The highest BCUT2D eigenvalue weighted by Crippen LogP contribution is 1.98. The summed E-state index contributed by atoms with van der Waals surface area (Å²) in [6.45, 7) is 5.11. The molecule has 0 aliphatic heterocycles. The Kier molecular flexibility index (Phi) is 5.77. The summed E-state index contributed by atoms with van der Waals surface area (Å²) in [5, 5.41) is 8.75. The predicted octanol–water partition coefficient (Wildman–Crippen LogP) is 0.0721. The molecule has 0 aliphatic carbocycles. The van der Waals surface area contributed by atoms with Gasteiger partial charge >= 0.3 is 5.97 Å². The molecule has 1 atom stereocenters. The van der Waals surface area contributed by atoms with Crippen LogP contribution in [0.1, 0.15) is 33.6 Å². The Hall–Kier alpha value is -0.660. The maximum Gasteiger partial charge on any atom is 0.321 e. The average Bonchev–Trinajstić information content (AvgIpc) is 2.00. The molecule has 0 aromatic carbocycles. The molecule has 0 rings (SSSR count). The van der Waals surface area contributed by atoms with Gasteiger partial charge < -0.3 is 5.11 Å². The fourth-order valence-corrected chi connectivity index (χ4v) is 2.33. The molecule has 0 radical (unpaired) electrons. The maximum atomic E-state index is 11.3. The van der Waals surface area contributed by atoms with E-state index in [2.05, 4.69) is 9.44 Å². The Morgan fingerprint density at radius 2 is 1.87 bits per heavy atom. The predicted molar refractivity (Wildman–Crippen MR) is 56.7 cm³/mol. The summed E-state index contributed by atoms with van der Waals surface area (Å²) in [5.74, 6) is -1.16. The normalized spacial score (nSPS) is 14.1. The van der Waals surface area contributed by atoms with Crippen molar-refractivity contribution in [3.8, 4) is 0 Å². The Balaban J connectivity index is 4.45. The highest BCUT2D eigenvalue weighted by Gasteiger charge is 2.23. The summed E-state index contributed by atoms with van der Waals surface area (Å²) in [6, 6.07) is -1.33. The summed E-state index contributed by atoms with van der Waals surface area (Å²) < 4.78 is 27.0. The van der Waals surface area contributed by atoms with Crippen molar-refractivity contribution in [3.63, 3.8) is 0 Å². The van der Waals surface area contributed by atoms with E-state index < -0.39 is 22.2 Å². The van der Waals surface area contributed by atoms with Crippen LogP contribution in [-0.2, 0) is 15.0 Å². The van der Waals surface area contributed by atoms with Crippen molar-refractivity contribution in [3.05, 3.63) is 0 Å². The highest BCUT2D eigenvalue weighted by molar-refractivity contribution is 7.87. The number of hydrogen-bond donors (Lipinski definition) is 3. The average molecular weight is 238 g/mol. The van der Waals surface area contributed by atoms with Gasteiger partial charge in [-0.2, -0.15) is 17.9 Å². The van der Waals surface area contributed by atoms with Gasteiger partial charge in [0.25, 0.3) is 10.2 Å². The Morgan fingerprint density at radius 3 is 2.20 bits per heavy atom. The second kappa shape index (κ2) is 6.04. The van der Waals surface area contributed by atoms with Crippen LogP contribution >= 0.6 is 0 Å². The fourth-order valence-electron chi connectivity index (χ4n) is 1.05. The van der Waals surface area contributed by atoms with Crippen molar-refractivity contribution in [2.75, 3.05) is 0 Å². The molecular weight excluding hydrogens is 220 g/mol. The molecule has 0 aromatic heterocycles. The van der Waals surface area contributed by atoms with E-state index in [-0.39, 0.29) is 12.5 Å². The lowest BCUT2D eigenvalue weighted by atomic mass is 10.2. The van der Waals surface area contributed by atoms with E-state index in [9.17, 15) is 13.2 Å². The van der Waals surface area contributed by atoms with Gasteiger partial charge in [-0.3, -0.25) is 4.79 Å². The topological polar surface area (TPSA) is 95.5 Å². The smallest absolute Gasteiger partial charge is 0.321 e. The quantitative estimate of drug-likeness (QED) is 0.585. The van der Waals surface area contributed by atoms with Crippen LogP contribution in [0.15, 0.2) is 0 Å². The van der Waals surface area contributed by atoms with Gasteiger partial charge in [0, 0.05) is 6.04 Å². The minimum Gasteiger partial charge on any atom is -0.480 e. The van der Waals surface area contributed by atoms with Crippen molar-refractivity contribution < 1.29 is 18.3 Å². The minimum atomic E-state index is -3.73. The molecule has 0 bridgehead atoms. The standard InChI is InChI=1S/C8H18N2O4S/c1-4-5-7(8(11)12)10-15(13,14)9-6(2)3/h6-7,9-10H,4-5H2,1-3H3,(H,11,12). The van der Waals surface area contributed by atoms with Gasteiger partial charge in [-0.1, -0.05) is 13.3 Å². The van der Waals surface area contributed by atoms with Gasteiger partial charge in [-0.05, 0) is 20.3 Å². The van der Waals surface area contributed by atoms with E-state index in [0.717, 1.165) is 0 Å². The van der Waals surface area contributed by atoms with Gasteiger partial charge in [0.2, 0.25) is 0 Å². The summed E-state index contributed by atoms with van der Waals surface area (Å²) >= 11 is 0. The molecule has 0 aromatic rings. The first-order valence-electron chi connectivity index (χ1n) is 4.81. The molecule has 3 N–H and O–H groups in total. The highest BCUT2D eigenvalue weighted by atomic mass is 32.2. The zero-order valence-corrected chi connectivity index (χ0v) is 9.97. The lowest BCUT2D eigenvalue weighted by molar-refractivity contribution is -0.139. The van der Waals surface area contributed by atoms with Gasteiger partial charge in [-0.15, -0.1) is 0 Å². The zero-order valence-electron chi connectivity index (χ0n) is 9.15. The molecule has 90 valence electrons. The molecule has 0 amide bonds. The van der Waals surface area contributed by atoms with Gasteiger partial charge in [-0.25, -0.2) is 0 Å². The SMILES string of the molecule is CCCC(NS(=O)(=O)NC(C)C)C(=O)O. The van der Waals surface area contributed by atoms with Gasteiger partial charge in [0.15, 0.2) is 0 Å². The van der Waals surface area contributed by atoms with E-state index in [1.165, 1.54) is 0 Å². The van der Waals surface area contributed by atoms with E-state index in [1.54, 1.807) is 20.8 Å². The molecule has 0 saturated heterocycles. The number of nitrogens with one attached hydrogen (secondary N) is 2. The molecule has 6 nitrogen and oxygen atoms in total. The van der Waals surface area contributed by atoms with E-state index in [1.807, 2.05) is 0 Å². The Labute approximate surface area is 90.2 Å². The number of carboxylic acids is 1. The molecule has 15 heavy (non-hydrogen) atoms. The largest absolute Gasteiger partial charge is 0.480 e. The number of carboxylic acid groups (broad SMARTS) is 1. The Bertz CT molecular complexity index is 300. The van der Waals surface area contributed by atoms with Crippen LogP contribution in [0.2, 0.25) is 0 Å². The lowest BCUT2D eigenvalue weighted by Gasteiger charge is -2.15. The monoisotopic (exact) mass is 238 g/mol. The van der Waals surface area contributed by atoms with Crippen molar-refractivity contribution >= 4 is 16.2 Å². The number of carbonyl (C=O) groups is 1. The minimum absolute atomic E-state index is 0.265. The lowest BCUT2D eigenvalue weighted by Crippen LogP contribution is -2.48. The summed E-state index contributed by atoms with van der Waals surface area (Å²) in [6.07, 6.45) is 0.871. The third-order valence-electron chi connectivity index (χ3n) is 1.56. The third-order valence-corrected chi connectivity index (χ3v) is 2.94. The molecular formula is C8H18N2O4S. The van der Waals surface area contributed by atoms with E-state index in [4.69, 9.17) is 5.11 Å². The molecule has 0 saturated carbocycles. The van der Waals surface area contributed by atoms with Crippen LogP contribution in [0.5, 0.6) is 0 Å². The van der Waals surface area contributed by atoms with E-state index in [0.29, 0.717) is 6.42 Å². The molecule has 1 unspecified atom stereocenters. The fraction of sp³-hybridized carbons (Fsp3) is 0.875. The number of hydrogen-bond acceptors (Lipinski definition) is 3. The van der Waals surface area contributed by atoms with Crippen LogP contribution in [-0.4, -0.2) is 31.6 Å². The molecule has 0 spiro atoms. The second-order valence-corrected chi connectivity index (χ2v) is 5.05. The number of aliphatic carboxylic acids is 1. The Morgan fingerprint density at radius 1 is 1.33 bits per heavy atom. The summed E-state index contributed by atoms with van der Waals surface area (Å²) in [7, 11) is -3.73. The van der Waals surface area contributed by atoms with Crippen LogP contribution in [0.4, 0.5) is 0 Å². The van der Waals surface area contributed by atoms with Gasteiger partial charge in [0.05, 0.1) is 0 Å². The molecule has 0 heterocycles. The van der Waals surface area contributed by atoms with Crippen LogP contribution in [0, 0.1) is 0 Å². The molecule has 0 aliphatic rings. The first kappa shape index (κ1) is 14.3. The van der Waals surface area contributed by atoms with E-state index >= 15 is 0 Å². The van der Waals surface area contributed by atoms with Crippen molar-refractivity contribution in [2.24, 2.45) is 0 Å². The summed E-state index contributed by atoms with van der Waals surface area (Å²) in [5.41, 5.74) is 0. The maximum absolute atomic E-state index is 11.3. The first-order valence-corrected chi connectivity index (χ1v) is 6.29. The molecule has 7 heteroatoms. The first-order chi connectivity index (χ1) is 6.78. The third kappa shape index (κ3) is 6.43. The van der Waals surface area contributed by atoms with Crippen molar-refractivity contribution in [1.29, 1.82) is 0 Å². The summed E-state index contributed by atoms with van der Waals surface area (Å²) in [4.78, 5) is 10.7. The van der Waals surface area contributed by atoms with Crippen LogP contribution in [0.25, 0.3) is 0 Å². The second-order valence-electron chi connectivity index (χ2n) is 3.57. The van der Waals surface area contributed by atoms with Crippen molar-refractivity contribution in [2.45, 2.75) is 45.7 Å². The van der Waals surface area contributed by atoms with Crippen LogP contribution < -0.4 is 9.44 Å². The zero-order chi connectivity index (χ0) is 12.1. The van der Waals surface area contributed by atoms with Crippen molar-refractivity contribution in [1.82, 2.24) is 9.44 Å². The number of rotatable bonds is 7. The molecule has 0 fully saturated rings. The van der Waals surface area contributed by atoms with Gasteiger partial charge in [0.1, 0.15) is 6.04 Å². The van der Waals surface area contributed by atoms with Crippen LogP contribution in [0.3, 0.4) is 0 Å².